The van der Waals surface area contributed by atoms with E-state index in [0.29, 0.717) is 11.8 Å². The molecule has 1 atom stereocenters. The van der Waals surface area contributed by atoms with E-state index in [1.165, 1.54) is 11.1 Å². The molecule has 0 fully saturated rings. The van der Waals surface area contributed by atoms with Gasteiger partial charge in [-0.15, -0.1) is 0 Å². The number of rotatable bonds is 6. The number of aromatic nitrogens is 1. The number of hydrogen-bond acceptors (Lipinski definition) is 7. The van der Waals surface area contributed by atoms with Gasteiger partial charge in [-0.25, -0.2) is 9.98 Å². The Kier molecular flexibility index (Phi) is 5.38. The molecule has 1 aliphatic heterocycles. The summed E-state index contributed by atoms with van der Waals surface area (Å²) < 4.78 is 0. The molecule has 1 aliphatic rings. The third kappa shape index (κ3) is 4.31. The normalized spacial score (nSPS) is 16.5. The third-order valence-corrected chi connectivity index (χ3v) is 4.35. The molecule has 7 N–H and O–H groups in total. The Morgan fingerprint density at radius 3 is 2.73 bits per heavy atom. The van der Waals surface area contributed by atoms with Crippen molar-refractivity contribution in [2.45, 2.75) is 20.0 Å². The monoisotopic (exact) mass is 351 g/mol. The van der Waals surface area contributed by atoms with Crippen LogP contribution >= 0.6 is 0 Å². The van der Waals surface area contributed by atoms with E-state index in [0.717, 1.165) is 30.0 Å². The summed E-state index contributed by atoms with van der Waals surface area (Å²) >= 11 is 0. The van der Waals surface area contributed by atoms with E-state index in [-0.39, 0.29) is 6.17 Å². The van der Waals surface area contributed by atoms with Gasteiger partial charge in [0.15, 0.2) is 5.96 Å². The molecule has 1 aromatic carbocycles. The highest BCUT2D eigenvalue weighted by Crippen LogP contribution is 2.24. The van der Waals surface area contributed by atoms with Gasteiger partial charge in [0.05, 0.1) is 17.6 Å². The van der Waals surface area contributed by atoms with Crippen LogP contribution in [-0.4, -0.2) is 30.2 Å². The fourth-order valence-electron chi connectivity index (χ4n) is 2.79. The first-order valence-corrected chi connectivity index (χ1v) is 8.61. The molecule has 0 amide bonds. The number of nitrogen functional groups attached to an aromatic ring is 1. The average Bonchev–Trinajstić information content (AvgIpc) is 2.62. The first kappa shape index (κ1) is 17.8. The predicted octanol–water partition coefficient (Wildman–Crippen LogP) is 1.57. The highest BCUT2D eigenvalue weighted by Gasteiger charge is 2.16. The second kappa shape index (κ2) is 7.88. The van der Waals surface area contributed by atoms with Crippen LogP contribution < -0.4 is 27.4 Å². The summed E-state index contributed by atoms with van der Waals surface area (Å²) in [6, 6.07) is 9.89. The van der Waals surface area contributed by atoms with Crippen molar-refractivity contribution in [2.24, 2.45) is 10.7 Å². The topological polar surface area (TPSA) is 113 Å². The quantitative estimate of drug-likeness (QED) is 0.505. The lowest BCUT2D eigenvalue weighted by molar-refractivity contribution is 0.572. The van der Waals surface area contributed by atoms with Crippen LogP contribution in [0.4, 0.5) is 11.5 Å². The molecule has 0 radical (unpaired) electrons. The minimum absolute atomic E-state index is 0.0752. The van der Waals surface area contributed by atoms with E-state index in [1.54, 1.807) is 12.3 Å². The van der Waals surface area contributed by atoms with E-state index in [1.807, 2.05) is 12.1 Å². The van der Waals surface area contributed by atoms with E-state index in [2.05, 4.69) is 58.0 Å². The molecule has 136 valence electrons. The van der Waals surface area contributed by atoms with Gasteiger partial charge in [-0.2, -0.15) is 0 Å². The largest absolute Gasteiger partial charge is 0.384 e. The van der Waals surface area contributed by atoms with E-state index >= 15 is 0 Å². The molecule has 26 heavy (non-hydrogen) atoms. The van der Waals surface area contributed by atoms with Gasteiger partial charge in [-0.3, -0.25) is 5.32 Å². The maximum atomic E-state index is 5.97. The van der Waals surface area contributed by atoms with Crippen molar-refractivity contribution < 1.29 is 0 Å². The molecule has 2 heterocycles. The summed E-state index contributed by atoms with van der Waals surface area (Å²) in [5.74, 6) is 0.926. The summed E-state index contributed by atoms with van der Waals surface area (Å²) in [6.07, 6.45) is 3.70. The Labute approximate surface area is 153 Å². The highest BCUT2D eigenvalue weighted by molar-refractivity contribution is 5.88. The number of benzene rings is 1. The van der Waals surface area contributed by atoms with Crippen LogP contribution in [0.2, 0.25) is 0 Å². The summed E-state index contributed by atoms with van der Waals surface area (Å²) in [5.41, 5.74) is 16.9. The number of aryl methyl sites for hydroxylation is 1. The Hall–Kier alpha value is -3.06. The molecular weight excluding hydrogens is 326 g/mol. The summed E-state index contributed by atoms with van der Waals surface area (Å²) in [4.78, 5) is 8.51. The molecule has 1 unspecified atom stereocenters. The Morgan fingerprint density at radius 1 is 1.12 bits per heavy atom. The number of aliphatic imine (C=N–C) groups is 1. The minimum Gasteiger partial charge on any atom is -0.384 e. The van der Waals surface area contributed by atoms with Gasteiger partial charge in [0.2, 0.25) is 0 Å². The summed E-state index contributed by atoms with van der Waals surface area (Å²) in [7, 11) is 0. The number of hydrogen-bond donors (Lipinski definition) is 5. The lowest BCUT2D eigenvalue weighted by atomic mass is 10.00. The van der Waals surface area contributed by atoms with Crippen molar-refractivity contribution in [2.75, 3.05) is 24.1 Å². The molecule has 0 saturated heterocycles. The molecule has 3 rings (SSSR count). The molecule has 0 bridgehead atoms. The summed E-state index contributed by atoms with van der Waals surface area (Å²) in [5, 5.41) is 9.84. The van der Waals surface area contributed by atoms with Crippen molar-refractivity contribution in [3.63, 3.8) is 0 Å². The van der Waals surface area contributed by atoms with Crippen LogP contribution in [0, 0.1) is 13.8 Å². The van der Waals surface area contributed by atoms with Crippen LogP contribution in [0.3, 0.4) is 0 Å². The fraction of sp³-hybridized carbons (Fsp3) is 0.263. The van der Waals surface area contributed by atoms with Gasteiger partial charge < -0.3 is 22.1 Å². The number of nitrogens with two attached hydrogens (primary N) is 2. The Balaban J connectivity index is 1.60. The van der Waals surface area contributed by atoms with Crippen LogP contribution in [0.1, 0.15) is 16.7 Å². The standard InChI is InChI=1S/C19H25N7/c1-12-4-3-5-15(13(12)2)16-10-18(26-19(21)25-16)23-9-8-22-14-6-7-17(20)24-11-14/h3-7,10-11,18,22-23H,8-9H2,1-2H3,(H2,20,24)(H3,21,25,26). The highest BCUT2D eigenvalue weighted by atomic mass is 15.2. The number of guanidine groups is 1. The predicted molar refractivity (Wildman–Crippen MR) is 108 cm³/mol. The zero-order chi connectivity index (χ0) is 18.5. The number of anilines is 2. The lowest BCUT2D eigenvalue weighted by Crippen LogP contribution is -2.50. The minimum atomic E-state index is -0.0752. The van der Waals surface area contributed by atoms with Crippen LogP contribution in [0.25, 0.3) is 5.70 Å². The molecule has 0 saturated carbocycles. The van der Waals surface area contributed by atoms with Crippen LogP contribution in [0.15, 0.2) is 47.6 Å². The lowest BCUT2D eigenvalue weighted by Gasteiger charge is -2.23. The van der Waals surface area contributed by atoms with Gasteiger partial charge in [0.1, 0.15) is 12.0 Å². The first-order valence-electron chi connectivity index (χ1n) is 8.61. The zero-order valence-electron chi connectivity index (χ0n) is 15.1. The van der Waals surface area contributed by atoms with Crippen LogP contribution in [-0.2, 0) is 0 Å². The van der Waals surface area contributed by atoms with Crippen molar-refractivity contribution in [1.29, 1.82) is 0 Å². The number of nitrogens with zero attached hydrogens (tertiary/aromatic N) is 2. The van der Waals surface area contributed by atoms with Gasteiger partial charge in [-0.1, -0.05) is 18.2 Å². The maximum Gasteiger partial charge on any atom is 0.195 e. The molecule has 0 aliphatic carbocycles. The zero-order valence-corrected chi connectivity index (χ0v) is 15.1. The molecule has 7 heteroatoms. The smallest absolute Gasteiger partial charge is 0.195 e. The second-order valence-corrected chi connectivity index (χ2v) is 6.27. The molecule has 1 aromatic heterocycles. The van der Waals surface area contributed by atoms with Crippen molar-refractivity contribution in [3.05, 3.63) is 59.3 Å². The van der Waals surface area contributed by atoms with E-state index in [9.17, 15) is 0 Å². The van der Waals surface area contributed by atoms with Crippen molar-refractivity contribution in [1.82, 2.24) is 15.6 Å². The maximum absolute atomic E-state index is 5.97. The fourth-order valence-corrected chi connectivity index (χ4v) is 2.79. The molecular formula is C19H25N7. The number of pyridine rings is 1. The summed E-state index contributed by atoms with van der Waals surface area (Å²) in [6.45, 7) is 5.69. The Bertz CT molecular complexity index is 824. The van der Waals surface area contributed by atoms with Gasteiger partial charge in [-0.05, 0) is 43.2 Å². The van der Waals surface area contributed by atoms with E-state index < -0.39 is 0 Å². The molecule has 2 aromatic rings. The first-order chi connectivity index (χ1) is 12.5. The SMILES string of the molecule is Cc1cccc(C2=CC(NCCNc3ccc(N)nc3)NC(N)=N2)c1C. The van der Waals surface area contributed by atoms with Gasteiger partial charge in [0, 0.05) is 18.7 Å². The second-order valence-electron chi connectivity index (χ2n) is 6.27. The molecule has 0 spiro atoms. The molecule has 7 nitrogen and oxygen atoms in total. The average molecular weight is 351 g/mol. The Morgan fingerprint density at radius 2 is 1.96 bits per heavy atom. The van der Waals surface area contributed by atoms with E-state index in [4.69, 9.17) is 11.5 Å². The van der Waals surface area contributed by atoms with Crippen molar-refractivity contribution >= 4 is 23.2 Å². The van der Waals surface area contributed by atoms with Gasteiger partial charge >= 0.3 is 0 Å². The van der Waals surface area contributed by atoms with Crippen molar-refractivity contribution in [3.8, 4) is 0 Å². The third-order valence-electron chi connectivity index (χ3n) is 4.35. The van der Waals surface area contributed by atoms with Crippen LogP contribution in [0.5, 0.6) is 0 Å². The number of nitrogens with one attached hydrogen (secondary N) is 3. The van der Waals surface area contributed by atoms with Gasteiger partial charge in [0.25, 0.3) is 0 Å².